The number of nitrogen functional groups attached to an aromatic ring is 1. The molecular weight excluding hydrogens is 372 g/mol. The zero-order valence-corrected chi connectivity index (χ0v) is 15.7. The van der Waals surface area contributed by atoms with Crippen molar-refractivity contribution < 1.29 is 0 Å². The number of para-hydroxylation sites is 1. The molecule has 0 aliphatic heterocycles. The highest BCUT2D eigenvalue weighted by Crippen LogP contribution is 2.31. The Bertz CT molecular complexity index is 1360. The van der Waals surface area contributed by atoms with Crippen LogP contribution >= 0.6 is 11.6 Å². The zero-order valence-electron chi connectivity index (χ0n) is 14.9. The SMILES string of the molecule is Cc1ccc2nc(-c3cc(-c4cc5ccccc5nc4Cl)nc(N)n3)[nH]c2c1. The van der Waals surface area contributed by atoms with Crippen molar-refractivity contribution in [1.29, 1.82) is 0 Å². The van der Waals surface area contributed by atoms with Crippen molar-refractivity contribution in [1.82, 2.24) is 24.9 Å². The number of hydrogen-bond acceptors (Lipinski definition) is 5. The van der Waals surface area contributed by atoms with Gasteiger partial charge in [-0.15, -0.1) is 0 Å². The van der Waals surface area contributed by atoms with Gasteiger partial charge in [-0.1, -0.05) is 35.9 Å². The number of anilines is 1. The first-order valence-corrected chi connectivity index (χ1v) is 9.11. The van der Waals surface area contributed by atoms with E-state index in [2.05, 4.69) is 24.9 Å². The molecule has 0 aliphatic rings. The molecule has 6 nitrogen and oxygen atoms in total. The van der Waals surface area contributed by atoms with Crippen molar-refractivity contribution in [2.75, 3.05) is 5.73 Å². The van der Waals surface area contributed by atoms with Crippen molar-refractivity contribution in [3.8, 4) is 22.8 Å². The first-order valence-electron chi connectivity index (χ1n) is 8.74. The van der Waals surface area contributed by atoms with Gasteiger partial charge in [0.25, 0.3) is 0 Å². The highest BCUT2D eigenvalue weighted by molar-refractivity contribution is 6.32. The molecule has 0 aliphatic carbocycles. The van der Waals surface area contributed by atoms with Crippen molar-refractivity contribution >= 4 is 39.5 Å². The van der Waals surface area contributed by atoms with Crippen LogP contribution in [0.5, 0.6) is 0 Å². The molecule has 0 atom stereocenters. The summed E-state index contributed by atoms with van der Waals surface area (Å²) in [5, 5.41) is 1.34. The number of benzene rings is 2. The second kappa shape index (κ2) is 6.28. The quantitative estimate of drug-likeness (QED) is 0.426. The highest BCUT2D eigenvalue weighted by Gasteiger charge is 2.14. The molecule has 2 aromatic carbocycles. The van der Waals surface area contributed by atoms with Crippen LogP contribution in [0.1, 0.15) is 5.56 Å². The number of nitrogens with zero attached hydrogens (tertiary/aromatic N) is 4. The maximum absolute atomic E-state index is 6.43. The highest BCUT2D eigenvalue weighted by atomic mass is 35.5. The standard InChI is InChI=1S/C21H15ClN6/c1-11-6-7-15-17(8-11)26-20(25-15)18-10-16(27-21(23)28-18)13-9-12-4-2-3-5-14(12)24-19(13)22/h2-10H,1H3,(H,25,26)(H2,23,27,28). The van der Waals surface area contributed by atoms with Crippen LogP contribution < -0.4 is 5.73 Å². The van der Waals surface area contributed by atoms with Gasteiger partial charge in [-0.05, 0) is 42.8 Å². The molecule has 5 rings (SSSR count). The van der Waals surface area contributed by atoms with Crippen LogP contribution in [-0.4, -0.2) is 24.9 Å². The predicted octanol–water partition coefficient (Wildman–Crippen LogP) is 4.78. The Morgan fingerprint density at radius 1 is 0.857 bits per heavy atom. The third-order valence-corrected chi connectivity index (χ3v) is 4.86. The number of aromatic nitrogens is 5. The van der Waals surface area contributed by atoms with Gasteiger partial charge in [-0.25, -0.2) is 19.9 Å². The summed E-state index contributed by atoms with van der Waals surface area (Å²) in [6, 6.07) is 17.6. The molecule has 0 radical (unpaired) electrons. The first-order chi connectivity index (χ1) is 13.6. The average molecular weight is 387 g/mol. The molecule has 3 aromatic heterocycles. The Hall–Kier alpha value is -3.51. The number of halogens is 1. The number of aromatic amines is 1. The zero-order chi connectivity index (χ0) is 19.3. The average Bonchev–Trinajstić information content (AvgIpc) is 3.10. The Labute approximate surface area is 165 Å². The summed E-state index contributed by atoms with van der Waals surface area (Å²) >= 11 is 6.43. The number of imidazole rings is 1. The molecule has 0 unspecified atom stereocenters. The predicted molar refractivity (Wildman–Crippen MR) is 112 cm³/mol. The van der Waals surface area contributed by atoms with E-state index >= 15 is 0 Å². The van der Waals surface area contributed by atoms with Crippen LogP contribution in [-0.2, 0) is 0 Å². The van der Waals surface area contributed by atoms with Crippen molar-refractivity contribution in [2.45, 2.75) is 6.92 Å². The van der Waals surface area contributed by atoms with Crippen LogP contribution in [0.2, 0.25) is 5.15 Å². The second-order valence-electron chi connectivity index (χ2n) is 6.62. The van der Waals surface area contributed by atoms with Gasteiger partial charge >= 0.3 is 0 Å². The monoisotopic (exact) mass is 386 g/mol. The number of aryl methyl sites for hydroxylation is 1. The fourth-order valence-corrected chi connectivity index (χ4v) is 3.48. The molecule has 0 fully saturated rings. The molecule has 0 bridgehead atoms. The van der Waals surface area contributed by atoms with Crippen LogP contribution in [0.25, 0.3) is 44.7 Å². The largest absolute Gasteiger partial charge is 0.368 e. The van der Waals surface area contributed by atoms with Gasteiger partial charge in [0.2, 0.25) is 5.95 Å². The number of pyridine rings is 1. The van der Waals surface area contributed by atoms with Gasteiger partial charge in [-0.3, -0.25) is 0 Å². The van der Waals surface area contributed by atoms with Gasteiger partial charge in [0.1, 0.15) is 10.8 Å². The summed E-state index contributed by atoms with van der Waals surface area (Å²) in [6.07, 6.45) is 0. The topological polar surface area (TPSA) is 93.4 Å². The van der Waals surface area contributed by atoms with Crippen LogP contribution in [0.15, 0.2) is 54.6 Å². The first kappa shape index (κ1) is 16.6. The maximum atomic E-state index is 6.43. The Morgan fingerprint density at radius 2 is 1.68 bits per heavy atom. The van der Waals surface area contributed by atoms with E-state index in [1.165, 1.54) is 0 Å². The van der Waals surface area contributed by atoms with Gasteiger partial charge in [0.15, 0.2) is 5.82 Å². The second-order valence-corrected chi connectivity index (χ2v) is 6.98. The molecule has 7 heteroatoms. The number of rotatable bonds is 2. The molecule has 3 heterocycles. The molecule has 0 saturated heterocycles. The lowest BCUT2D eigenvalue weighted by molar-refractivity contribution is 1.16. The lowest BCUT2D eigenvalue weighted by Gasteiger charge is -2.07. The van der Waals surface area contributed by atoms with E-state index < -0.39 is 0 Å². The number of nitrogens with one attached hydrogen (secondary N) is 1. The summed E-state index contributed by atoms with van der Waals surface area (Å²) in [7, 11) is 0. The Kier molecular flexibility index (Phi) is 3.74. The van der Waals surface area contributed by atoms with E-state index in [1.807, 2.05) is 61.5 Å². The van der Waals surface area contributed by atoms with Crippen LogP contribution in [0.3, 0.4) is 0 Å². The number of H-pyrrole nitrogens is 1. The smallest absolute Gasteiger partial charge is 0.221 e. The third-order valence-electron chi connectivity index (χ3n) is 4.58. The maximum Gasteiger partial charge on any atom is 0.221 e. The van der Waals surface area contributed by atoms with Crippen LogP contribution in [0, 0.1) is 6.92 Å². The van der Waals surface area contributed by atoms with Gasteiger partial charge in [0.05, 0.1) is 22.2 Å². The van der Waals surface area contributed by atoms with Gasteiger partial charge in [0, 0.05) is 10.9 Å². The molecule has 28 heavy (non-hydrogen) atoms. The summed E-state index contributed by atoms with van der Waals surface area (Å²) in [6.45, 7) is 2.04. The van der Waals surface area contributed by atoms with Gasteiger partial charge < -0.3 is 10.7 Å². The molecule has 0 saturated carbocycles. The summed E-state index contributed by atoms with van der Waals surface area (Å²) in [5.74, 6) is 0.772. The lowest BCUT2D eigenvalue weighted by atomic mass is 10.1. The molecular formula is C21H15ClN6. The normalized spacial score (nSPS) is 11.4. The molecule has 0 amide bonds. The van der Waals surface area contributed by atoms with E-state index in [0.717, 1.165) is 27.5 Å². The Morgan fingerprint density at radius 3 is 2.57 bits per heavy atom. The van der Waals surface area contributed by atoms with E-state index in [4.69, 9.17) is 17.3 Å². The minimum absolute atomic E-state index is 0.147. The Balaban J connectivity index is 1.68. The molecule has 5 aromatic rings. The van der Waals surface area contributed by atoms with Crippen molar-refractivity contribution in [3.05, 3.63) is 65.3 Å². The van der Waals surface area contributed by atoms with Crippen molar-refractivity contribution in [2.24, 2.45) is 0 Å². The van der Waals surface area contributed by atoms with E-state index in [0.29, 0.717) is 27.9 Å². The van der Waals surface area contributed by atoms with E-state index in [9.17, 15) is 0 Å². The minimum Gasteiger partial charge on any atom is -0.368 e. The van der Waals surface area contributed by atoms with Crippen LogP contribution in [0.4, 0.5) is 5.95 Å². The fourth-order valence-electron chi connectivity index (χ4n) is 3.24. The van der Waals surface area contributed by atoms with E-state index in [1.54, 1.807) is 0 Å². The lowest BCUT2D eigenvalue weighted by Crippen LogP contribution is -2.00. The summed E-state index contributed by atoms with van der Waals surface area (Å²) in [5.41, 5.74) is 11.7. The third kappa shape index (κ3) is 2.84. The van der Waals surface area contributed by atoms with E-state index in [-0.39, 0.29) is 5.95 Å². The fraction of sp³-hybridized carbons (Fsp3) is 0.0476. The minimum atomic E-state index is 0.147. The molecule has 0 spiro atoms. The summed E-state index contributed by atoms with van der Waals surface area (Å²) < 4.78 is 0. The number of nitrogens with two attached hydrogens (primary N) is 1. The summed E-state index contributed by atoms with van der Waals surface area (Å²) in [4.78, 5) is 21.1. The molecule has 3 N–H and O–H groups in total. The number of fused-ring (bicyclic) bond motifs is 2. The number of hydrogen-bond donors (Lipinski definition) is 2. The van der Waals surface area contributed by atoms with Crippen molar-refractivity contribution in [3.63, 3.8) is 0 Å². The van der Waals surface area contributed by atoms with Gasteiger partial charge in [-0.2, -0.15) is 0 Å². The molecule has 136 valence electrons.